The Morgan fingerprint density at radius 1 is 1.12 bits per heavy atom. The number of fused-ring (bicyclic) bond motifs is 1. The average molecular weight is 332 g/mol. The zero-order chi connectivity index (χ0) is 17.4. The van der Waals surface area contributed by atoms with E-state index in [0.29, 0.717) is 5.69 Å². The van der Waals surface area contributed by atoms with Gasteiger partial charge >= 0.3 is 0 Å². The van der Waals surface area contributed by atoms with Crippen LogP contribution in [0.4, 0.5) is 0 Å². The normalized spacial score (nSPS) is 11.0. The number of pyridine rings is 1. The Morgan fingerprint density at radius 3 is 2.76 bits per heavy atom. The summed E-state index contributed by atoms with van der Waals surface area (Å²) in [6.07, 6.45) is 3.57. The predicted molar refractivity (Wildman–Crippen MR) is 94.9 cm³/mol. The third-order valence-electron chi connectivity index (χ3n) is 4.03. The van der Waals surface area contributed by atoms with Crippen molar-refractivity contribution >= 4 is 16.8 Å². The Bertz CT molecular complexity index is 1050. The first-order chi connectivity index (χ1) is 12.1. The van der Waals surface area contributed by atoms with Crippen LogP contribution in [0.25, 0.3) is 33.4 Å². The molecule has 25 heavy (non-hydrogen) atoms. The summed E-state index contributed by atoms with van der Waals surface area (Å²) < 4.78 is 0. The van der Waals surface area contributed by atoms with Gasteiger partial charge in [0.05, 0.1) is 11.2 Å². The second-order valence-corrected chi connectivity index (χ2v) is 5.89. The highest BCUT2D eigenvalue weighted by atomic mass is 16.2. The molecule has 0 spiro atoms. The van der Waals surface area contributed by atoms with Crippen molar-refractivity contribution in [3.8, 4) is 22.5 Å². The molecule has 4 aromatic rings. The Morgan fingerprint density at radius 2 is 2.00 bits per heavy atom. The van der Waals surface area contributed by atoms with Crippen LogP contribution in [0, 0.1) is 0 Å². The van der Waals surface area contributed by atoms with Crippen LogP contribution in [0.15, 0.2) is 48.8 Å². The third kappa shape index (κ3) is 2.55. The predicted octanol–water partition coefficient (Wildman–Crippen LogP) is 2.72. The standard InChI is InChI=1S/C18H16N6O/c1-24(2)18(25)17-12-9-11(6-7-14(12)21-23-17)13-10-20-22-16(13)15-5-3-4-8-19-15/h3-10H,1-2H3,(H,20,22)(H,21,23). The lowest BCUT2D eigenvalue weighted by molar-refractivity contribution is 0.0824. The minimum absolute atomic E-state index is 0.138. The molecular weight excluding hydrogens is 316 g/mol. The largest absolute Gasteiger partial charge is 0.343 e. The number of aromatic amines is 2. The highest BCUT2D eigenvalue weighted by Gasteiger charge is 2.18. The highest BCUT2D eigenvalue weighted by molar-refractivity contribution is 6.05. The van der Waals surface area contributed by atoms with Crippen LogP contribution < -0.4 is 0 Å². The van der Waals surface area contributed by atoms with Crippen LogP contribution in [0.5, 0.6) is 0 Å². The number of nitrogens with zero attached hydrogens (tertiary/aromatic N) is 4. The number of benzene rings is 1. The number of hydrogen-bond acceptors (Lipinski definition) is 4. The molecule has 0 aliphatic carbocycles. The summed E-state index contributed by atoms with van der Waals surface area (Å²) in [6, 6.07) is 11.5. The van der Waals surface area contributed by atoms with Gasteiger partial charge in [0.2, 0.25) is 0 Å². The fourth-order valence-electron chi connectivity index (χ4n) is 2.76. The first kappa shape index (κ1) is 15.1. The zero-order valence-corrected chi connectivity index (χ0v) is 13.8. The molecule has 0 fully saturated rings. The van der Waals surface area contributed by atoms with E-state index in [9.17, 15) is 4.79 Å². The fraction of sp³-hybridized carbons (Fsp3) is 0.111. The van der Waals surface area contributed by atoms with Crippen LogP contribution in [0.2, 0.25) is 0 Å². The van der Waals surface area contributed by atoms with Gasteiger partial charge in [0, 0.05) is 37.4 Å². The van der Waals surface area contributed by atoms with Crippen molar-refractivity contribution in [2.24, 2.45) is 0 Å². The Balaban J connectivity index is 1.85. The Hall–Kier alpha value is -3.48. The number of carbonyl (C=O) groups is 1. The summed E-state index contributed by atoms with van der Waals surface area (Å²) >= 11 is 0. The second kappa shape index (κ2) is 5.86. The van der Waals surface area contributed by atoms with E-state index in [-0.39, 0.29) is 5.91 Å². The number of amides is 1. The Kier molecular flexibility index (Phi) is 3.53. The van der Waals surface area contributed by atoms with Gasteiger partial charge < -0.3 is 4.90 Å². The molecule has 2 N–H and O–H groups in total. The summed E-state index contributed by atoms with van der Waals surface area (Å²) in [6.45, 7) is 0. The number of H-pyrrole nitrogens is 2. The molecule has 0 bridgehead atoms. The first-order valence-electron chi connectivity index (χ1n) is 7.80. The molecule has 0 saturated heterocycles. The van der Waals surface area contributed by atoms with E-state index < -0.39 is 0 Å². The summed E-state index contributed by atoms with van der Waals surface area (Å²) in [5.41, 5.74) is 4.64. The second-order valence-electron chi connectivity index (χ2n) is 5.89. The number of rotatable bonds is 3. The molecule has 124 valence electrons. The first-order valence-corrected chi connectivity index (χ1v) is 7.80. The molecule has 0 radical (unpaired) electrons. The van der Waals surface area contributed by atoms with Gasteiger partial charge in [0.25, 0.3) is 5.91 Å². The van der Waals surface area contributed by atoms with Gasteiger partial charge in [-0.15, -0.1) is 0 Å². The molecule has 7 nitrogen and oxygen atoms in total. The number of aromatic nitrogens is 5. The van der Waals surface area contributed by atoms with Gasteiger partial charge in [0.1, 0.15) is 5.69 Å². The van der Waals surface area contributed by atoms with Crippen molar-refractivity contribution in [3.05, 3.63) is 54.5 Å². The van der Waals surface area contributed by atoms with Gasteiger partial charge in [0.15, 0.2) is 5.69 Å². The zero-order valence-electron chi connectivity index (χ0n) is 13.8. The average Bonchev–Trinajstić information content (AvgIpc) is 3.28. The molecule has 4 rings (SSSR count). The van der Waals surface area contributed by atoms with Crippen LogP contribution in [-0.4, -0.2) is 50.3 Å². The van der Waals surface area contributed by atoms with Crippen molar-refractivity contribution in [2.75, 3.05) is 14.1 Å². The summed E-state index contributed by atoms with van der Waals surface area (Å²) in [5.74, 6) is -0.138. The summed E-state index contributed by atoms with van der Waals surface area (Å²) in [5, 5.41) is 15.1. The van der Waals surface area contributed by atoms with E-state index in [1.165, 1.54) is 4.90 Å². The molecule has 0 unspecified atom stereocenters. The van der Waals surface area contributed by atoms with Crippen LogP contribution in [0.1, 0.15) is 10.5 Å². The topological polar surface area (TPSA) is 90.6 Å². The molecule has 3 aromatic heterocycles. The van der Waals surface area contributed by atoms with E-state index in [1.54, 1.807) is 20.3 Å². The lowest BCUT2D eigenvalue weighted by atomic mass is 10.0. The van der Waals surface area contributed by atoms with Crippen LogP contribution in [0.3, 0.4) is 0 Å². The van der Waals surface area contributed by atoms with E-state index in [2.05, 4.69) is 25.4 Å². The molecule has 7 heteroatoms. The van der Waals surface area contributed by atoms with Crippen LogP contribution >= 0.6 is 0 Å². The molecule has 0 saturated carbocycles. The van der Waals surface area contributed by atoms with Gasteiger partial charge in [-0.1, -0.05) is 12.1 Å². The van der Waals surface area contributed by atoms with Crippen molar-refractivity contribution in [2.45, 2.75) is 0 Å². The van der Waals surface area contributed by atoms with E-state index in [4.69, 9.17) is 0 Å². The lowest BCUT2D eigenvalue weighted by Gasteiger charge is -2.08. The smallest absolute Gasteiger partial charge is 0.274 e. The molecule has 1 aromatic carbocycles. The lowest BCUT2D eigenvalue weighted by Crippen LogP contribution is -2.22. The minimum Gasteiger partial charge on any atom is -0.343 e. The summed E-state index contributed by atoms with van der Waals surface area (Å²) in [7, 11) is 3.42. The minimum atomic E-state index is -0.138. The van der Waals surface area contributed by atoms with Crippen LogP contribution in [-0.2, 0) is 0 Å². The number of hydrogen-bond donors (Lipinski definition) is 2. The maximum atomic E-state index is 12.3. The van der Waals surface area contributed by atoms with Gasteiger partial charge in [-0.3, -0.25) is 20.0 Å². The molecule has 0 atom stereocenters. The van der Waals surface area contributed by atoms with Crippen molar-refractivity contribution in [3.63, 3.8) is 0 Å². The molecule has 0 aliphatic heterocycles. The molecular formula is C18H16N6O. The Labute approximate surface area is 143 Å². The number of nitrogens with one attached hydrogen (secondary N) is 2. The monoisotopic (exact) mass is 332 g/mol. The maximum absolute atomic E-state index is 12.3. The molecule has 0 aliphatic rings. The van der Waals surface area contributed by atoms with E-state index in [0.717, 1.165) is 33.4 Å². The van der Waals surface area contributed by atoms with E-state index >= 15 is 0 Å². The summed E-state index contributed by atoms with van der Waals surface area (Å²) in [4.78, 5) is 18.2. The third-order valence-corrected chi connectivity index (χ3v) is 4.03. The maximum Gasteiger partial charge on any atom is 0.274 e. The van der Waals surface area contributed by atoms with Crippen molar-refractivity contribution in [1.29, 1.82) is 0 Å². The van der Waals surface area contributed by atoms with Gasteiger partial charge in [-0.25, -0.2) is 0 Å². The molecule has 1 amide bonds. The van der Waals surface area contributed by atoms with Crippen molar-refractivity contribution < 1.29 is 4.79 Å². The SMILES string of the molecule is CN(C)C(=O)c1n[nH]c2ccc(-c3c[nH]nc3-c3ccccn3)cc12. The van der Waals surface area contributed by atoms with Gasteiger partial charge in [-0.05, 0) is 29.8 Å². The van der Waals surface area contributed by atoms with Gasteiger partial charge in [-0.2, -0.15) is 10.2 Å². The number of carbonyl (C=O) groups excluding carboxylic acids is 1. The quantitative estimate of drug-likeness (QED) is 0.603. The molecule has 3 heterocycles. The van der Waals surface area contributed by atoms with Crippen molar-refractivity contribution in [1.82, 2.24) is 30.3 Å². The fourth-order valence-corrected chi connectivity index (χ4v) is 2.76. The van der Waals surface area contributed by atoms with E-state index in [1.807, 2.05) is 42.6 Å². The highest BCUT2D eigenvalue weighted by Crippen LogP contribution is 2.31.